The second-order valence-electron chi connectivity index (χ2n) is 3.99. The van der Waals surface area contributed by atoms with Crippen LogP contribution in [-0.4, -0.2) is 45.8 Å². The normalized spacial score (nSPS) is 19.2. The molecule has 0 aromatic rings. The molecule has 1 fully saturated rings. The number of carboxylic acid groups (broad SMARTS) is 1. The van der Waals surface area contributed by atoms with Crippen LogP contribution in [0.2, 0.25) is 0 Å². The number of nitrogens with zero attached hydrogens (tertiary/aromatic N) is 1. The van der Waals surface area contributed by atoms with E-state index in [9.17, 15) is 19.2 Å². The number of nitrogens with one attached hydrogen (secondary N) is 1. The van der Waals surface area contributed by atoms with E-state index in [-0.39, 0.29) is 6.54 Å². The molecular formula is C9H12N2O5. The van der Waals surface area contributed by atoms with Crippen molar-refractivity contribution in [3.63, 3.8) is 0 Å². The van der Waals surface area contributed by atoms with Gasteiger partial charge in [0, 0.05) is 0 Å². The monoisotopic (exact) mass is 228 g/mol. The summed E-state index contributed by atoms with van der Waals surface area (Å²) in [5.74, 6) is -3.26. The zero-order valence-electron chi connectivity index (χ0n) is 8.94. The summed E-state index contributed by atoms with van der Waals surface area (Å²) in [7, 11) is 0. The summed E-state index contributed by atoms with van der Waals surface area (Å²) < 4.78 is 0. The number of carbonyl (C=O) groups excluding carboxylic acids is 3. The van der Waals surface area contributed by atoms with E-state index in [2.05, 4.69) is 5.32 Å². The number of aliphatic carboxylic acids is 1. The Bertz CT molecular complexity index is 374. The van der Waals surface area contributed by atoms with E-state index in [1.54, 1.807) is 0 Å². The third-order valence-electron chi connectivity index (χ3n) is 2.39. The molecule has 3 amide bonds. The Labute approximate surface area is 91.4 Å². The van der Waals surface area contributed by atoms with Crippen molar-refractivity contribution >= 4 is 23.7 Å². The van der Waals surface area contributed by atoms with Gasteiger partial charge in [0.05, 0.1) is 0 Å². The second kappa shape index (κ2) is 3.92. The average Bonchev–Trinajstić information content (AvgIpc) is 2.10. The molecule has 2 N–H and O–H groups in total. The van der Waals surface area contributed by atoms with Crippen LogP contribution in [0.15, 0.2) is 0 Å². The SMILES string of the molecule is CC1(C)C(=O)NC(=O)CN1C(=O)CC(=O)O. The first-order valence-electron chi connectivity index (χ1n) is 4.61. The van der Waals surface area contributed by atoms with Crippen molar-refractivity contribution in [2.75, 3.05) is 6.54 Å². The quantitative estimate of drug-likeness (QED) is 0.452. The van der Waals surface area contributed by atoms with Crippen LogP contribution in [0.1, 0.15) is 20.3 Å². The molecule has 88 valence electrons. The van der Waals surface area contributed by atoms with Gasteiger partial charge in [-0.15, -0.1) is 0 Å². The maximum atomic E-state index is 11.5. The fourth-order valence-electron chi connectivity index (χ4n) is 1.41. The molecule has 0 unspecified atom stereocenters. The Morgan fingerprint density at radius 3 is 2.50 bits per heavy atom. The number of carbonyl (C=O) groups is 4. The minimum Gasteiger partial charge on any atom is -0.481 e. The van der Waals surface area contributed by atoms with Gasteiger partial charge in [0.2, 0.25) is 11.8 Å². The fourth-order valence-corrected chi connectivity index (χ4v) is 1.41. The molecule has 1 aliphatic rings. The molecule has 1 aliphatic heterocycles. The van der Waals surface area contributed by atoms with Gasteiger partial charge in [-0.2, -0.15) is 0 Å². The lowest BCUT2D eigenvalue weighted by Crippen LogP contribution is -2.65. The van der Waals surface area contributed by atoms with E-state index >= 15 is 0 Å². The van der Waals surface area contributed by atoms with Crippen molar-refractivity contribution in [1.82, 2.24) is 10.2 Å². The van der Waals surface area contributed by atoms with E-state index < -0.39 is 35.7 Å². The molecule has 0 spiro atoms. The zero-order chi connectivity index (χ0) is 12.5. The summed E-state index contributed by atoms with van der Waals surface area (Å²) in [5, 5.41) is 10.6. The highest BCUT2D eigenvalue weighted by atomic mass is 16.4. The number of hydrogen-bond acceptors (Lipinski definition) is 4. The van der Waals surface area contributed by atoms with E-state index in [4.69, 9.17) is 5.11 Å². The summed E-state index contributed by atoms with van der Waals surface area (Å²) >= 11 is 0. The van der Waals surface area contributed by atoms with Gasteiger partial charge in [0.25, 0.3) is 5.91 Å². The first-order chi connectivity index (χ1) is 7.25. The lowest BCUT2D eigenvalue weighted by molar-refractivity contribution is -0.158. The third-order valence-corrected chi connectivity index (χ3v) is 2.39. The first-order valence-corrected chi connectivity index (χ1v) is 4.61. The molecule has 0 aliphatic carbocycles. The molecule has 0 bridgehead atoms. The van der Waals surface area contributed by atoms with Crippen molar-refractivity contribution in [2.45, 2.75) is 25.8 Å². The summed E-state index contributed by atoms with van der Waals surface area (Å²) in [6.07, 6.45) is -0.732. The Morgan fingerprint density at radius 2 is 2.00 bits per heavy atom. The van der Waals surface area contributed by atoms with E-state index in [0.29, 0.717) is 0 Å². The second-order valence-corrected chi connectivity index (χ2v) is 3.99. The van der Waals surface area contributed by atoms with Crippen LogP contribution in [0.4, 0.5) is 0 Å². The average molecular weight is 228 g/mol. The molecule has 1 saturated heterocycles. The number of imide groups is 1. The number of rotatable bonds is 2. The van der Waals surface area contributed by atoms with Gasteiger partial charge < -0.3 is 10.0 Å². The lowest BCUT2D eigenvalue weighted by atomic mass is 9.98. The molecule has 7 nitrogen and oxygen atoms in total. The van der Waals surface area contributed by atoms with Crippen LogP contribution < -0.4 is 5.32 Å². The van der Waals surface area contributed by atoms with Gasteiger partial charge in [-0.05, 0) is 13.8 Å². The zero-order valence-corrected chi connectivity index (χ0v) is 8.94. The van der Waals surface area contributed by atoms with Gasteiger partial charge in [0.15, 0.2) is 0 Å². The standard InChI is InChI=1S/C9H12N2O5/c1-9(2)8(16)10-5(12)4-11(9)6(13)3-7(14)15/h3-4H2,1-2H3,(H,14,15)(H,10,12,16). The van der Waals surface area contributed by atoms with Crippen LogP contribution in [0.5, 0.6) is 0 Å². The van der Waals surface area contributed by atoms with Crippen molar-refractivity contribution < 1.29 is 24.3 Å². The van der Waals surface area contributed by atoms with Crippen molar-refractivity contribution in [1.29, 1.82) is 0 Å². The molecule has 16 heavy (non-hydrogen) atoms. The van der Waals surface area contributed by atoms with Crippen molar-refractivity contribution in [3.8, 4) is 0 Å². The van der Waals surface area contributed by atoms with Gasteiger partial charge in [-0.1, -0.05) is 0 Å². The highest BCUT2D eigenvalue weighted by Gasteiger charge is 2.43. The van der Waals surface area contributed by atoms with Crippen LogP contribution in [0, 0.1) is 0 Å². The van der Waals surface area contributed by atoms with Crippen LogP contribution in [-0.2, 0) is 19.2 Å². The molecule has 0 aromatic carbocycles. The minimum atomic E-state index is -1.29. The summed E-state index contributed by atoms with van der Waals surface area (Å²) in [6, 6.07) is 0. The first kappa shape index (κ1) is 12.2. The fraction of sp³-hybridized carbons (Fsp3) is 0.556. The van der Waals surface area contributed by atoms with E-state index in [1.807, 2.05) is 0 Å². The van der Waals surface area contributed by atoms with Crippen LogP contribution in [0.25, 0.3) is 0 Å². The lowest BCUT2D eigenvalue weighted by Gasteiger charge is -2.39. The summed E-state index contributed by atoms with van der Waals surface area (Å²) in [4.78, 5) is 45.4. The minimum absolute atomic E-state index is 0.301. The molecule has 1 heterocycles. The largest absolute Gasteiger partial charge is 0.481 e. The topological polar surface area (TPSA) is 104 Å². The summed E-state index contributed by atoms with van der Waals surface area (Å²) in [5.41, 5.74) is -1.21. The molecule has 0 atom stereocenters. The molecule has 7 heteroatoms. The Kier molecular flexibility index (Phi) is 2.97. The van der Waals surface area contributed by atoms with E-state index in [0.717, 1.165) is 4.90 Å². The van der Waals surface area contributed by atoms with Gasteiger partial charge in [0.1, 0.15) is 18.5 Å². The summed E-state index contributed by atoms with van der Waals surface area (Å²) in [6.45, 7) is 2.61. The van der Waals surface area contributed by atoms with Crippen LogP contribution in [0.3, 0.4) is 0 Å². The smallest absolute Gasteiger partial charge is 0.312 e. The maximum Gasteiger partial charge on any atom is 0.312 e. The molecule has 0 saturated carbocycles. The number of piperazine rings is 1. The third kappa shape index (κ3) is 2.18. The van der Waals surface area contributed by atoms with Gasteiger partial charge in [-0.25, -0.2) is 0 Å². The molecule has 0 radical (unpaired) electrons. The number of carboxylic acids is 1. The van der Waals surface area contributed by atoms with Crippen LogP contribution >= 0.6 is 0 Å². The Morgan fingerprint density at radius 1 is 1.44 bits per heavy atom. The van der Waals surface area contributed by atoms with Gasteiger partial charge >= 0.3 is 5.97 Å². The number of amides is 3. The molecule has 1 rings (SSSR count). The van der Waals surface area contributed by atoms with E-state index in [1.165, 1.54) is 13.8 Å². The highest BCUT2D eigenvalue weighted by molar-refractivity contribution is 6.07. The number of hydrogen-bond donors (Lipinski definition) is 2. The van der Waals surface area contributed by atoms with Crippen molar-refractivity contribution in [3.05, 3.63) is 0 Å². The maximum absolute atomic E-state index is 11.5. The predicted octanol–water partition coefficient (Wildman–Crippen LogP) is -1.28. The van der Waals surface area contributed by atoms with Crippen molar-refractivity contribution in [2.24, 2.45) is 0 Å². The Hall–Kier alpha value is -1.92. The molecular weight excluding hydrogens is 216 g/mol. The Balaban J connectivity index is 2.91. The van der Waals surface area contributed by atoms with Gasteiger partial charge in [-0.3, -0.25) is 24.5 Å². The molecule has 0 aromatic heterocycles. The predicted molar refractivity (Wildman–Crippen MR) is 51.2 cm³/mol. The highest BCUT2D eigenvalue weighted by Crippen LogP contribution is 2.18.